The number of urea groups is 1. The number of anilines is 1. The Bertz CT molecular complexity index is 851. The number of aromatic nitrogens is 1. The van der Waals surface area contributed by atoms with E-state index in [-0.39, 0.29) is 5.69 Å². The maximum atomic E-state index is 12.5. The summed E-state index contributed by atoms with van der Waals surface area (Å²) in [6.07, 6.45) is -1.77. The summed E-state index contributed by atoms with van der Waals surface area (Å²) in [6, 6.07) is 3.64. The molecule has 3 rings (SSSR count). The summed E-state index contributed by atoms with van der Waals surface area (Å²) < 4.78 is 37.6. The summed E-state index contributed by atoms with van der Waals surface area (Å²) in [6.45, 7) is 4.00. The zero-order valence-electron chi connectivity index (χ0n) is 14.4. The van der Waals surface area contributed by atoms with Crippen LogP contribution >= 0.6 is 0 Å². The average Bonchev–Trinajstić information content (AvgIpc) is 2.88. The minimum atomic E-state index is -4.40. The van der Waals surface area contributed by atoms with Gasteiger partial charge >= 0.3 is 12.2 Å². The van der Waals surface area contributed by atoms with Gasteiger partial charge in [0.15, 0.2) is 0 Å². The molecule has 0 bridgehead atoms. The quantitative estimate of drug-likeness (QED) is 0.674. The van der Waals surface area contributed by atoms with Crippen LogP contribution in [0.4, 0.5) is 23.7 Å². The topological polar surface area (TPSA) is 69.3 Å². The maximum Gasteiger partial charge on any atom is 0.416 e. The van der Waals surface area contributed by atoms with E-state index in [9.17, 15) is 18.0 Å². The van der Waals surface area contributed by atoms with Gasteiger partial charge in [-0.3, -0.25) is 0 Å². The fraction of sp³-hybridized carbons (Fsp3) is 0.333. The number of nitrogens with zero attached hydrogens (tertiary/aromatic N) is 1. The standard InChI is InChI=1S/C18H19F3N4O/c1-10-11(2)22-14-4-3-5-15(16(10)14)24-25-17(26)23-13-8-6-12(7-9-13)18(19,20)21/h6-9,22H,3-5H2,1-2H3,(H2,23,25,26)/b24-15+. The predicted octanol–water partition coefficient (Wildman–Crippen LogP) is 4.51. The number of rotatable bonds is 2. The van der Waals surface area contributed by atoms with E-state index in [4.69, 9.17) is 0 Å². The summed E-state index contributed by atoms with van der Waals surface area (Å²) in [5.41, 5.74) is 7.08. The zero-order valence-corrected chi connectivity index (χ0v) is 14.4. The van der Waals surface area contributed by atoms with Crippen LogP contribution in [0.25, 0.3) is 0 Å². The number of carbonyl (C=O) groups excluding carboxylic acids is 1. The molecule has 0 saturated carbocycles. The molecule has 1 aromatic carbocycles. The third kappa shape index (κ3) is 3.74. The Morgan fingerprint density at radius 3 is 2.50 bits per heavy atom. The van der Waals surface area contributed by atoms with Crippen LogP contribution in [0.2, 0.25) is 0 Å². The van der Waals surface area contributed by atoms with Crippen molar-refractivity contribution in [2.24, 2.45) is 5.10 Å². The number of hydrogen-bond acceptors (Lipinski definition) is 2. The first-order valence-electron chi connectivity index (χ1n) is 8.25. The minimum Gasteiger partial charge on any atom is -0.362 e. The van der Waals surface area contributed by atoms with Gasteiger partial charge in [-0.1, -0.05) is 0 Å². The Kier molecular flexibility index (Phi) is 4.76. The van der Waals surface area contributed by atoms with Crippen molar-refractivity contribution in [3.63, 3.8) is 0 Å². The molecule has 1 aliphatic rings. The second-order valence-electron chi connectivity index (χ2n) is 6.28. The lowest BCUT2D eigenvalue weighted by Crippen LogP contribution is -2.26. The van der Waals surface area contributed by atoms with E-state index in [0.29, 0.717) is 0 Å². The number of fused-ring (bicyclic) bond motifs is 1. The van der Waals surface area contributed by atoms with Crippen LogP contribution in [-0.2, 0) is 12.6 Å². The Hall–Kier alpha value is -2.77. The fourth-order valence-corrected chi connectivity index (χ4v) is 3.06. The second-order valence-corrected chi connectivity index (χ2v) is 6.28. The molecular weight excluding hydrogens is 345 g/mol. The van der Waals surface area contributed by atoms with Gasteiger partial charge in [0.2, 0.25) is 0 Å². The number of aryl methyl sites for hydroxylation is 2. The molecule has 0 spiro atoms. The predicted molar refractivity (Wildman–Crippen MR) is 93.3 cm³/mol. The molecular formula is C18H19F3N4O. The Morgan fingerprint density at radius 2 is 1.85 bits per heavy atom. The van der Waals surface area contributed by atoms with E-state index in [2.05, 4.69) is 20.8 Å². The first kappa shape index (κ1) is 18.0. The van der Waals surface area contributed by atoms with Crippen LogP contribution in [0, 0.1) is 13.8 Å². The number of halogens is 3. The third-order valence-electron chi connectivity index (χ3n) is 4.47. The molecule has 0 saturated heterocycles. The molecule has 1 aliphatic carbocycles. The average molecular weight is 364 g/mol. The Morgan fingerprint density at radius 1 is 1.15 bits per heavy atom. The van der Waals surface area contributed by atoms with Gasteiger partial charge in [0.05, 0.1) is 11.3 Å². The molecule has 1 aromatic heterocycles. The van der Waals surface area contributed by atoms with E-state index in [1.807, 2.05) is 13.8 Å². The number of alkyl halides is 3. The normalized spacial score (nSPS) is 15.7. The van der Waals surface area contributed by atoms with Crippen molar-refractivity contribution in [3.8, 4) is 0 Å². The third-order valence-corrected chi connectivity index (χ3v) is 4.47. The van der Waals surface area contributed by atoms with E-state index in [0.717, 1.165) is 59.6 Å². The Balaban J connectivity index is 1.67. The number of benzene rings is 1. The number of amides is 2. The van der Waals surface area contributed by atoms with Crippen molar-refractivity contribution in [3.05, 3.63) is 52.3 Å². The molecule has 0 unspecified atom stereocenters. The molecule has 1 heterocycles. The lowest BCUT2D eigenvalue weighted by molar-refractivity contribution is -0.137. The SMILES string of the molecule is Cc1[nH]c2c(c1C)/C(=N/NC(=O)Nc1ccc(C(F)(F)F)cc1)CCC2. The summed E-state index contributed by atoms with van der Waals surface area (Å²) in [7, 11) is 0. The summed E-state index contributed by atoms with van der Waals surface area (Å²) in [5, 5.41) is 6.68. The van der Waals surface area contributed by atoms with Crippen molar-refractivity contribution in [2.45, 2.75) is 39.3 Å². The highest BCUT2D eigenvalue weighted by Gasteiger charge is 2.30. The van der Waals surface area contributed by atoms with Crippen LogP contribution < -0.4 is 10.7 Å². The Labute approximate surface area is 148 Å². The van der Waals surface area contributed by atoms with Crippen molar-refractivity contribution < 1.29 is 18.0 Å². The van der Waals surface area contributed by atoms with E-state index < -0.39 is 17.8 Å². The molecule has 0 radical (unpaired) electrons. The molecule has 138 valence electrons. The fourth-order valence-electron chi connectivity index (χ4n) is 3.06. The lowest BCUT2D eigenvalue weighted by Gasteiger charge is -2.15. The van der Waals surface area contributed by atoms with Gasteiger partial charge < -0.3 is 10.3 Å². The second kappa shape index (κ2) is 6.86. The van der Waals surface area contributed by atoms with Crippen molar-refractivity contribution in [2.75, 3.05) is 5.32 Å². The van der Waals surface area contributed by atoms with Gasteiger partial charge in [-0.25, -0.2) is 10.2 Å². The molecule has 3 N–H and O–H groups in total. The van der Waals surface area contributed by atoms with Crippen molar-refractivity contribution in [1.82, 2.24) is 10.4 Å². The van der Waals surface area contributed by atoms with Gasteiger partial charge in [0.1, 0.15) is 0 Å². The van der Waals surface area contributed by atoms with Gasteiger partial charge in [-0.2, -0.15) is 18.3 Å². The van der Waals surface area contributed by atoms with Gasteiger partial charge in [-0.05, 0) is 62.9 Å². The van der Waals surface area contributed by atoms with Gasteiger partial charge in [0, 0.05) is 22.6 Å². The van der Waals surface area contributed by atoms with Gasteiger partial charge in [0.25, 0.3) is 0 Å². The van der Waals surface area contributed by atoms with Crippen LogP contribution in [0.3, 0.4) is 0 Å². The number of hydrazone groups is 1. The highest BCUT2D eigenvalue weighted by Crippen LogP contribution is 2.30. The van der Waals surface area contributed by atoms with Crippen molar-refractivity contribution >= 4 is 17.4 Å². The molecule has 2 aromatic rings. The first-order valence-corrected chi connectivity index (χ1v) is 8.25. The van der Waals surface area contributed by atoms with Crippen LogP contribution in [0.15, 0.2) is 29.4 Å². The van der Waals surface area contributed by atoms with Gasteiger partial charge in [-0.15, -0.1) is 0 Å². The number of hydrogen-bond donors (Lipinski definition) is 3. The molecule has 2 amide bonds. The van der Waals surface area contributed by atoms with Crippen LogP contribution in [-0.4, -0.2) is 16.7 Å². The highest BCUT2D eigenvalue weighted by molar-refractivity contribution is 6.04. The van der Waals surface area contributed by atoms with E-state index in [1.54, 1.807) is 0 Å². The summed E-state index contributed by atoms with van der Waals surface area (Å²) >= 11 is 0. The molecule has 0 atom stereocenters. The molecule has 0 fully saturated rings. The molecule has 8 heteroatoms. The molecule has 0 aliphatic heterocycles. The number of nitrogens with one attached hydrogen (secondary N) is 3. The summed E-state index contributed by atoms with van der Waals surface area (Å²) in [5.74, 6) is 0. The molecule has 26 heavy (non-hydrogen) atoms. The number of aromatic amines is 1. The summed E-state index contributed by atoms with van der Waals surface area (Å²) in [4.78, 5) is 15.3. The van der Waals surface area contributed by atoms with Crippen molar-refractivity contribution in [1.29, 1.82) is 0 Å². The molecule has 5 nitrogen and oxygen atoms in total. The lowest BCUT2D eigenvalue weighted by atomic mass is 9.93. The monoisotopic (exact) mass is 364 g/mol. The maximum absolute atomic E-state index is 12.5. The number of carbonyl (C=O) groups is 1. The zero-order chi connectivity index (χ0) is 18.9. The minimum absolute atomic E-state index is 0.258. The highest BCUT2D eigenvalue weighted by atomic mass is 19.4. The first-order chi connectivity index (χ1) is 12.3. The van der Waals surface area contributed by atoms with Crippen LogP contribution in [0.1, 0.15) is 40.9 Å². The van der Waals surface area contributed by atoms with E-state index >= 15 is 0 Å². The number of H-pyrrole nitrogens is 1. The largest absolute Gasteiger partial charge is 0.416 e. The van der Waals surface area contributed by atoms with Crippen LogP contribution in [0.5, 0.6) is 0 Å². The van der Waals surface area contributed by atoms with E-state index in [1.165, 1.54) is 12.1 Å². The smallest absolute Gasteiger partial charge is 0.362 e.